The van der Waals surface area contributed by atoms with Crippen molar-refractivity contribution in [3.05, 3.63) is 320 Å². The van der Waals surface area contributed by atoms with E-state index in [1.807, 2.05) is 0 Å². The Morgan fingerprint density at radius 3 is 0.800 bits per heavy atom. The molecule has 0 spiro atoms. The van der Waals surface area contributed by atoms with Gasteiger partial charge in [0.05, 0.1) is 0 Å². The summed E-state index contributed by atoms with van der Waals surface area (Å²) in [6, 6.07) is 101. The van der Waals surface area contributed by atoms with E-state index in [1.54, 1.807) is 0 Å². The molecule has 0 aromatic heterocycles. The number of hydrogen-bond donors (Lipinski definition) is 0. The van der Waals surface area contributed by atoms with Crippen molar-refractivity contribution in [2.45, 2.75) is 34.1 Å². The third-order valence-corrected chi connectivity index (χ3v) is 15.1. The highest BCUT2D eigenvalue weighted by Crippen LogP contribution is 2.42. The predicted octanol–water partition coefficient (Wildman–Crippen LogP) is 21.6. The van der Waals surface area contributed by atoms with Crippen LogP contribution < -0.4 is 19.6 Å². The Morgan fingerprint density at radius 2 is 0.512 bits per heavy atom. The van der Waals surface area contributed by atoms with Crippen LogP contribution in [0.1, 0.15) is 30.0 Å². The molecule has 1 atom stereocenters. The molecule has 0 bridgehead atoms. The van der Waals surface area contributed by atoms with E-state index in [1.165, 1.54) is 44.8 Å². The number of benzene rings is 11. The normalized spacial score (nSPS) is 12.8. The Labute approximate surface area is 472 Å². The second kappa shape index (κ2) is 23.0. The number of aryl methyl sites for hydroxylation is 3. The van der Waals surface area contributed by atoms with Crippen LogP contribution in [0.5, 0.6) is 0 Å². The summed E-state index contributed by atoms with van der Waals surface area (Å²) in [4.78, 5) is 9.40. The molecule has 12 rings (SSSR count). The minimum atomic E-state index is 0.492. The molecule has 0 N–H and O–H groups in total. The number of nitrogens with zero attached hydrogens (tertiary/aromatic N) is 4. The number of rotatable bonds is 15. The fourth-order valence-electron chi connectivity index (χ4n) is 11.1. The molecule has 0 amide bonds. The molecule has 80 heavy (non-hydrogen) atoms. The second-order valence-corrected chi connectivity index (χ2v) is 21.0. The van der Waals surface area contributed by atoms with E-state index in [-0.39, 0.29) is 0 Å². The lowest BCUT2D eigenvalue weighted by Gasteiger charge is -2.30. The summed E-state index contributed by atoms with van der Waals surface area (Å²) < 4.78 is 0. The molecule has 4 nitrogen and oxygen atoms in total. The first-order valence-corrected chi connectivity index (χ1v) is 27.8. The van der Waals surface area contributed by atoms with Gasteiger partial charge in [0.2, 0.25) is 0 Å². The lowest BCUT2D eigenvalue weighted by atomic mass is 9.98. The van der Waals surface area contributed by atoms with Gasteiger partial charge in [-0.3, -0.25) is 0 Å². The van der Waals surface area contributed by atoms with Crippen molar-refractivity contribution in [3.8, 4) is 33.4 Å². The van der Waals surface area contributed by atoms with Crippen LogP contribution in [-0.4, -0.2) is 0 Å². The summed E-state index contributed by atoms with van der Waals surface area (Å²) in [6.45, 7) is 8.74. The third kappa shape index (κ3) is 11.1. The second-order valence-electron chi connectivity index (χ2n) is 21.0. The van der Waals surface area contributed by atoms with Gasteiger partial charge in [-0.1, -0.05) is 165 Å². The molecular formula is C76H64N4. The van der Waals surface area contributed by atoms with Gasteiger partial charge in [0.15, 0.2) is 0 Å². The number of anilines is 11. The lowest BCUT2D eigenvalue weighted by molar-refractivity contribution is 0.696. The molecule has 0 saturated heterocycles. The van der Waals surface area contributed by atoms with Crippen molar-refractivity contribution < 1.29 is 0 Å². The maximum absolute atomic E-state index is 2.41. The van der Waals surface area contributed by atoms with Crippen molar-refractivity contribution in [3.63, 3.8) is 0 Å². The average molecular weight is 1030 g/mol. The van der Waals surface area contributed by atoms with Crippen molar-refractivity contribution in [2.24, 2.45) is 5.92 Å². The summed E-state index contributed by atoms with van der Waals surface area (Å²) in [6.07, 6.45) is 7.74. The molecular weight excluding hydrogens is 969 g/mol. The molecule has 388 valence electrons. The summed E-state index contributed by atoms with van der Waals surface area (Å²) in [5, 5.41) is 0. The Kier molecular flexibility index (Phi) is 14.6. The van der Waals surface area contributed by atoms with Crippen LogP contribution in [0.25, 0.3) is 33.4 Å². The van der Waals surface area contributed by atoms with Gasteiger partial charge < -0.3 is 19.6 Å². The van der Waals surface area contributed by atoms with E-state index in [0.717, 1.165) is 80.0 Å². The van der Waals surface area contributed by atoms with Gasteiger partial charge in [0, 0.05) is 68.3 Å². The Balaban J connectivity index is 0.772. The fraction of sp³-hybridized carbons (Fsp3) is 0.0789. The number of allylic oxidation sites excluding steroid dienone is 4. The molecule has 11 aromatic rings. The van der Waals surface area contributed by atoms with Crippen LogP contribution in [-0.2, 0) is 0 Å². The van der Waals surface area contributed by atoms with E-state index < -0.39 is 0 Å². The monoisotopic (exact) mass is 1030 g/mol. The highest BCUT2D eigenvalue weighted by molar-refractivity contribution is 5.84. The van der Waals surface area contributed by atoms with Crippen molar-refractivity contribution >= 4 is 62.6 Å². The fourth-order valence-corrected chi connectivity index (χ4v) is 11.1. The molecule has 1 aliphatic rings. The van der Waals surface area contributed by atoms with Gasteiger partial charge in [-0.2, -0.15) is 0 Å². The molecule has 0 aliphatic heterocycles. The average Bonchev–Trinajstić information content (AvgIpc) is 3.52. The van der Waals surface area contributed by atoms with Crippen LogP contribution in [0.4, 0.5) is 62.6 Å². The highest BCUT2D eigenvalue weighted by Gasteiger charge is 2.20. The zero-order valence-corrected chi connectivity index (χ0v) is 45.9. The third-order valence-electron chi connectivity index (χ3n) is 15.1. The van der Waals surface area contributed by atoms with E-state index in [0.29, 0.717) is 5.92 Å². The lowest BCUT2D eigenvalue weighted by Crippen LogP contribution is -2.19. The smallest absolute Gasteiger partial charge is 0.0464 e. The topological polar surface area (TPSA) is 13.0 Å². The van der Waals surface area contributed by atoms with Gasteiger partial charge in [-0.15, -0.1) is 0 Å². The first kappa shape index (κ1) is 50.9. The zero-order chi connectivity index (χ0) is 54.4. The Morgan fingerprint density at radius 1 is 0.263 bits per heavy atom. The maximum Gasteiger partial charge on any atom is 0.0464 e. The first-order valence-electron chi connectivity index (χ1n) is 27.8. The summed E-state index contributed by atoms with van der Waals surface area (Å²) >= 11 is 0. The van der Waals surface area contributed by atoms with Crippen molar-refractivity contribution in [2.75, 3.05) is 19.6 Å². The van der Waals surface area contributed by atoms with Gasteiger partial charge in [-0.05, 0) is 223 Å². The molecule has 1 aliphatic carbocycles. The largest absolute Gasteiger partial charge is 0.314 e. The van der Waals surface area contributed by atoms with Crippen molar-refractivity contribution in [1.82, 2.24) is 0 Å². The van der Waals surface area contributed by atoms with Crippen LogP contribution in [0.2, 0.25) is 0 Å². The SMILES string of the molecule is Cc1cccc(N(C2=CC=CC(C)C2)c2ccc(-c3ccc(N(c4ccccc4)c4ccc(-c5ccc(N(c6ccccc6)c6ccc(-c7ccc(N(c8cccc(C)c8)c8cccc(C)c8)cc7)cc6)cc5)cc4)cc3)cc2)c1. The van der Waals surface area contributed by atoms with Gasteiger partial charge in [0.1, 0.15) is 0 Å². The van der Waals surface area contributed by atoms with E-state index >= 15 is 0 Å². The minimum Gasteiger partial charge on any atom is -0.314 e. The maximum atomic E-state index is 2.41. The van der Waals surface area contributed by atoms with Crippen LogP contribution >= 0.6 is 0 Å². The van der Waals surface area contributed by atoms with Gasteiger partial charge in [0.25, 0.3) is 0 Å². The molecule has 0 heterocycles. The minimum absolute atomic E-state index is 0.492. The number of hydrogen-bond acceptors (Lipinski definition) is 4. The summed E-state index contributed by atoms with van der Waals surface area (Å²) in [5.74, 6) is 0.492. The Hall–Kier alpha value is -9.90. The zero-order valence-electron chi connectivity index (χ0n) is 45.9. The predicted molar refractivity (Wildman–Crippen MR) is 341 cm³/mol. The van der Waals surface area contributed by atoms with Crippen LogP contribution in [0.15, 0.2) is 303 Å². The van der Waals surface area contributed by atoms with E-state index in [4.69, 9.17) is 0 Å². The molecule has 0 radical (unpaired) electrons. The molecule has 1 unspecified atom stereocenters. The summed E-state index contributed by atoms with van der Waals surface area (Å²) in [7, 11) is 0. The van der Waals surface area contributed by atoms with Crippen LogP contribution in [0.3, 0.4) is 0 Å². The van der Waals surface area contributed by atoms with Crippen LogP contribution in [0, 0.1) is 26.7 Å². The molecule has 0 saturated carbocycles. The van der Waals surface area contributed by atoms with Gasteiger partial charge in [-0.25, -0.2) is 0 Å². The molecule has 11 aromatic carbocycles. The molecule has 0 fully saturated rings. The van der Waals surface area contributed by atoms with Gasteiger partial charge >= 0.3 is 0 Å². The van der Waals surface area contributed by atoms with E-state index in [2.05, 4.69) is 345 Å². The first-order chi connectivity index (χ1) is 39.3. The standard InChI is InChI=1S/C76H64N4/c1-55-15-11-23-73(51-55)79(74-24-12-16-56(2)52-74)71-47-35-63(36-48-71)61-31-43-69(44-32-61)77(65-19-7-5-8-20-65)67-39-27-59(28-40-67)60-29-41-68(42-30-60)78(66-21-9-6-10-22-66)70-45-33-62(34-46-70)64-37-49-72(50-38-64)80(75-25-13-17-57(3)53-75)76-26-14-18-58(4)54-76/h5-53,58H,54H2,1-4H3. The number of para-hydroxylation sites is 2. The quantitative estimate of drug-likeness (QED) is 0.101. The molecule has 4 heteroatoms. The Bertz CT molecular complexity index is 3880. The summed E-state index contributed by atoms with van der Waals surface area (Å²) in [5.41, 5.74) is 24.3. The van der Waals surface area contributed by atoms with E-state index in [9.17, 15) is 0 Å². The van der Waals surface area contributed by atoms with Crippen molar-refractivity contribution in [1.29, 1.82) is 0 Å². The highest BCUT2D eigenvalue weighted by atomic mass is 15.2.